The van der Waals surface area contributed by atoms with Gasteiger partial charge in [0.05, 0.1) is 5.02 Å². The van der Waals surface area contributed by atoms with Gasteiger partial charge in [0, 0.05) is 9.45 Å². The molecule has 0 aliphatic rings. The molecule has 0 nitrogen and oxygen atoms in total. The van der Waals surface area contributed by atoms with Gasteiger partial charge in [-0.1, -0.05) is 23.7 Å². The van der Waals surface area contributed by atoms with Crippen molar-refractivity contribution < 1.29 is 0 Å². The van der Waals surface area contributed by atoms with Crippen LogP contribution in [0.5, 0.6) is 0 Å². The van der Waals surface area contributed by atoms with E-state index in [2.05, 4.69) is 28.7 Å². The average Bonchev–Trinajstić information content (AvgIpc) is 2.08. The lowest BCUT2D eigenvalue weighted by Crippen LogP contribution is -1.89. The third-order valence-electron chi connectivity index (χ3n) is 1.61. The molecule has 3 heteroatoms. The maximum absolute atomic E-state index is 6.08. The Hall–Kier alpha value is 0.530. The molecular formula is C9H9Cl2I. The number of alkyl halides is 1. The first-order valence-electron chi connectivity index (χ1n) is 3.74. The van der Waals surface area contributed by atoms with E-state index in [0.29, 0.717) is 5.88 Å². The van der Waals surface area contributed by atoms with Gasteiger partial charge in [-0.3, -0.25) is 0 Å². The Labute approximate surface area is 96.4 Å². The molecule has 0 spiro atoms. The molecule has 0 fully saturated rings. The van der Waals surface area contributed by atoms with E-state index < -0.39 is 0 Å². The van der Waals surface area contributed by atoms with E-state index in [0.717, 1.165) is 21.4 Å². The summed E-state index contributed by atoms with van der Waals surface area (Å²) in [4.78, 5) is 0. The zero-order valence-corrected chi connectivity index (χ0v) is 10.2. The first-order valence-corrected chi connectivity index (χ1v) is 5.73. The quantitative estimate of drug-likeness (QED) is 0.581. The monoisotopic (exact) mass is 314 g/mol. The second kappa shape index (κ2) is 5.30. The van der Waals surface area contributed by atoms with E-state index in [-0.39, 0.29) is 0 Å². The van der Waals surface area contributed by atoms with Crippen LogP contribution in [0, 0.1) is 3.57 Å². The van der Waals surface area contributed by atoms with Crippen molar-refractivity contribution in [1.82, 2.24) is 0 Å². The highest BCUT2D eigenvalue weighted by Gasteiger charge is 2.02. The molecule has 0 unspecified atom stereocenters. The van der Waals surface area contributed by atoms with Crippen LogP contribution >= 0.6 is 45.8 Å². The van der Waals surface area contributed by atoms with Crippen molar-refractivity contribution in [2.24, 2.45) is 0 Å². The molecule has 0 aromatic heterocycles. The number of rotatable bonds is 3. The molecule has 0 bridgehead atoms. The lowest BCUT2D eigenvalue weighted by atomic mass is 10.1. The maximum atomic E-state index is 6.08. The van der Waals surface area contributed by atoms with Crippen LogP contribution in [0.3, 0.4) is 0 Å². The minimum Gasteiger partial charge on any atom is -0.127 e. The van der Waals surface area contributed by atoms with Crippen molar-refractivity contribution in [2.45, 2.75) is 12.8 Å². The van der Waals surface area contributed by atoms with Crippen LogP contribution in [0.25, 0.3) is 0 Å². The summed E-state index contributed by atoms with van der Waals surface area (Å²) in [6, 6.07) is 6.08. The Bertz CT molecular complexity index is 261. The second-order valence-corrected chi connectivity index (χ2v) is 4.42. The van der Waals surface area contributed by atoms with Crippen molar-refractivity contribution in [1.29, 1.82) is 0 Å². The van der Waals surface area contributed by atoms with E-state index in [4.69, 9.17) is 23.2 Å². The van der Waals surface area contributed by atoms with Gasteiger partial charge in [0.1, 0.15) is 0 Å². The number of halogens is 3. The molecule has 0 aliphatic heterocycles. The zero-order valence-electron chi connectivity index (χ0n) is 6.49. The Kier molecular flexibility index (Phi) is 4.69. The minimum absolute atomic E-state index is 0.696. The Morgan fingerprint density at radius 2 is 2.08 bits per heavy atom. The van der Waals surface area contributed by atoms with Crippen LogP contribution in [0.4, 0.5) is 0 Å². The van der Waals surface area contributed by atoms with Crippen LogP contribution in [0.15, 0.2) is 18.2 Å². The lowest BCUT2D eigenvalue weighted by Gasteiger charge is -2.03. The van der Waals surface area contributed by atoms with E-state index in [1.54, 1.807) is 0 Å². The Morgan fingerprint density at radius 1 is 1.33 bits per heavy atom. The van der Waals surface area contributed by atoms with Crippen LogP contribution in [-0.4, -0.2) is 5.88 Å². The number of hydrogen-bond acceptors (Lipinski definition) is 0. The summed E-state index contributed by atoms with van der Waals surface area (Å²) in [6.45, 7) is 0. The van der Waals surface area contributed by atoms with Gasteiger partial charge in [0.15, 0.2) is 0 Å². The van der Waals surface area contributed by atoms with Crippen LogP contribution in [0.1, 0.15) is 12.0 Å². The third-order valence-corrected chi connectivity index (χ3v) is 3.54. The van der Waals surface area contributed by atoms with Gasteiger partial charge in [0.25, 0.3) is 0 Å². The smallest absolute Gasteiger partial charge is 0.0571 e. The third kappa shape index (κ3) is 2.79. The van der Waals surface area contributed by atoms with Crippen molar-refractivity contribution in [3.63, 3.8) is 0 Å². The van der Waals surface area contributed by atoms with Gasteiger partial charge < -0.3 is 0 Å². The largest absolute Gasteiger partial charge is 0.127 e. The van der Waals surface area contributed by atoms with Crippen molar-refractivity contribution in [3.05, 3.63) is 32.4 Å². The molecule has 0 saturated carbocycles. The molecule has 0 radical (unpaired) electrons. The molecule has 0 saturated heterocycles. The molecule has 1 aromatic rings. The van der Waals surface area contributed by atoms with E-state index in [9.17, 15) is 0 Å². The van der Waals surface area contributed by atoms with E-state index in [1.165, 1.54) is 5.56 Å². The molecule has 0 amide bonds. The molecule has 1 aromatic carbocycles. The van der Waals surface area contributed by atoms with Gasteiger partial charge in [-0.05, 0) is 47.1 Å². The highest BCUT2D eigenvalue weighted by Crippen LogP contribution is 2.23. The Morgan fingerprint density at radius 3 is 2.75 bits per heavy atom. The molecule has 12 heavy (non-hydrogen) atoms. The van der Waals surface area contributed by atoms with Crippen molar-refractivity contribution in [3.8, 4) is 0 Å². The van der Waals surface area contributed by atoms with Gasteiger partial charge in [-0.25, -0.2) is 0 Å². The highest BCUT2D eigenvalue weighted by molar-refractivity contribution is 14.1. The van der Waals surface area contributed by atoms with Gasteiger partial charge in [0.2, 0.25) is 0 Å². The second-order valence-electron chi connectivity index (χ2n) is 2.51. The number of aryl methyl sites for hydroxylation is 1. The first-order chi connectivity index (χ1) is 5.75. The fraction of sp³-hybridized carbons (Fsp3) is 0.333. The number of benzene rings is 1. The fourth-order valence-corrected chi connectivity index (χ4v) is 1.91. The average molecular weight is 315 g/mol. The summed E-state index contributed by atoms with van der Waals surface area (Å²) in [5.74, 6) is 0.696. The van der Waals surface area contributed by atoms with E-state index >= 15 is 0 Å². The van der Waals surface area contributed by atoms with E-state index in [1.807, 2.05) is 12.1 Å². The predicted octanol–water partition coefficient (Wildman–Crippen LogP) is 4.12. The van der Waals surface area contributed by atoms with Crippen LogP contribution < -0.4 is 0 Å². The summed E-state index contributed by atoms with van der Waals surface area (Å²) < 4.78 is 1.11. The fourth-order valence-electron chi connectivity index (χ4n) is 0.999. The summed E-state index contributed by atoms with van der Waals surface area (Å²) in [7, 11) is 0. The molecule has 0 aliphatic carbocycles. The first kappa shape index (κ1) is 10.6. The Balaban J connectivity index is 2.78. The zero-order chi connectivity index (χ0) is 8.97. The van der Waals surface area contributed by atoms with Gasteiger partial charge in [-0.2, -0.15) is 0 Å². The molecule has 1 rings (SSSR count). The standard InChI is InChI=1S/C9H9Cl2I/c10-6-2-4-7-3-1-5-8(12)9(7)11/h1,3,5H,2,4,6H2. The van der Waals surface area contributed by atoms with Crippen LogP contribution in [-0.2, 0) is 6.42 Å². The van der Waals surface area contributed by atoms with Crippen molar-refractivity contribution >= 4 is 45.8 Å². The maximum Gasteiger partial charge on any atom is 0.0571 e. The molecule has 66 valence electrons. The molecule has 0 N–H and O–H groups in total. The molecular weight excluding hydrogens is 306 g/mol. The summed E-state index contributed by atoms with van der Waals surface area (Å²) in [5, 5.41) is 0.878. The van der Waals surface area contributed by atoms with Gasteiger partial charge >= 0.3 is 0 Å². The minimum atomic E-state index is 0.696. The number of hydrogen-bond donors (Lipinski definition) is 0. The summed E-state index contributed by atoms with van der Waals surface area (Å²) >= 11 is 13.9. The summed E-state index contributed by atoms with van der Waals surface area (Å²) in [5.41, 5.74) is 1.20. The van der Waals surface area contributed by atoms with Crippen molar-refractivity contribution in [2.75, 3.05) is 5.88 Å². The topological polar surface area (TPSA) is 0 Å². The van der Waals surface area contributed by atoms with Crippen LogP contribution in [0.2, 0.25) is 5.02 Å². The highest BCUT2D eigenvalue weighted by atomic mass is 127. The predicted molar refractivity (Wildman–Crippen MR) is 63.2 cm³/mol. The lowest BCUT2D eigenvalue weighted by molar-refractivity contribution is 0.928. The summed E-state index contributed by atoms with van der Waals surface area (Å²) in [6.07, 6.45) is 1.96. The molecule has 0 heterocycles. The molecule has 0 atom stereocenters. The van der Waals surface area contributed by atoms with Gasteiger partial charge in [-0.15, -0.1) is 11.6 Å². The SMILES string of the molecule is ClCCCc1cccc(I)c1Cl. The normalized spacial score (nSPS) is 10.2.